The lowest BCUT2D eigenvalue weighted by molar-refractivity contribution is -0.132. The molecule has 0 aromatic rings. The van der Waals surface area contributed by atoms with Gasteiger partial charge in [-0.15, -0.1) is 0 Å². The summed E-state index contributed by atoms with van der Waals surface area (Å²) in [5.41, 5.74) is 0. The van der Waals surface area contributed by atoms with E-state index < -0.39 is 92.7 Å². The van der Waals surface area contributed by atoms with Gasteiger partial charge in [0.25, 0.3) is 0 Å². The van der Waals surface area contributed by atoms with Crippen LogP contribution in [0.4, 0.5) is 39.5 Å². The molecule has 0 aliphatic carbocycles. The van der Waals surface area contributed by atoms with Crippen LogP contribution in [0.5, 0.6) is 0 Å². The van der Waals surface area contributed by atoms with E-state index in [1.54, 1.807) is 0 Å². The predicted octanol–water partition coefficient (Wildman–Crippen LogP) is 5.47. The van der Waals surface area contributed by atoms with Gasteiger partial charge in [0, 0.05) is 19.3 Å². The van der Waals surface area contributed by atoms with Crippen molar-refractivity contribution in [3.63, 3.8) is 0 Å². The Hall–Kier alpha value is 0.174. The molecule has 0 radical (unpaired) electrons. The lowest BCUT2D eigenvalue weighted by Crippen LogP contribution is -2.54. The van der Waals surface area contributed by atoms with Gasteiger partial charge in [-0.2, -0.15) is 39.5 Å². The van der Waals surface area contributed by atoms with Crippen molar-refractivity contribution < 1.29 is 71.0 Å². The van der Waals surface area contributed by atoms with Gasteiger partial charge in [0.2, 0.25) is 0 Å². The Bertz CT molecular complexity index is 632. The molecule has 2 atom stereocenters. The normalized spacial score (nSPS) is 17.5. The molecular weight excluding hydrogens is 616 g/mol. The maximum Gasteiger partial charge on any atom is 0.389 e. The molecule has 226 valence electrons. The molecule has 7 nitrogen and oxygen atoms in total. The Morgan fingerprint density at radius 1 is 0.459 bits per heavy atom. The lowest BCUT2D eigenvalue weighted by Gasteiger charge is -2.36. The minimum Gasteiger partial charge on any atom is -0.415 e. The molecule has 0 amide bonds. The SMILES string of the molecule is C[Si](C)(O)O[Si](C)(CCC(F)(F)F)O[Si](C)(C)O.C[Si](O)(CCC(F)(F)F)O[Si](C)(O)CCC(F)(F)F. The third kappa shape index (κ3) is 27.5. The van der Waals surface area contributed by atoms with E-state index in [0.717, 1.165) is 13.1 Å². The predicted molar refractivity (Wildman–Crippen MR) is 128 cm³/mol. The fourth-order valence-corrected chi connectivity index (χ4v) is 19.5. The van der Waals surface area contributed by atoms with Crippen LogP contribution in [0.15, 0.2) is 0 Å². The average Bonchev–Trinajstić information content (AvgIpc) is 2.51. The number of rotatable bonds is 12. The topological polar surface area (TPSA) is 109 Å². The zero-order valence-corrected chi connectivity index (χ0v) is 26.7. The fraction of sp³-hybridized carbons (Fsp3) is 1.00. The summed E-state index contributed by atoms with van der Waals surface area (Å²) in [5, 5.41) is 0. The van der Waals surface area contributed by atoms with Crippen molar-refractivity contribution >= 4 is 42.8 Å². The van der Waals surface area contributed by atoms with E-state index in [-0.39, 0.29) is 6.04 Å². The van der Waals surface area contributed by atoms with Gasteiger partial charge in [-0.1, -0.05) is 0 Å². The van der Waals surface area contributed by atoms with Gasteiger partial charge in [0.15, 0.2) is 0 Å². The van der Waals surface area contributed by atoms with Crippen molar-refractivity contribution in [2.45, 2.75) is 102 Å². The van der Waals surface area contributed by atoms with Crippen LogP contribution in [0.3, 0.4) is 0 Å². The second-order valence-electron chi connectivity index (χ2n) is 10.0. The number of hydrogen-bond acceptors (Lipinski definition) is 7. The molecule has 0 aromatic carbocycles. The number of halogens is 9. The van der Waals surface area contributed by atoms with Gasteiger partial charge in [-0.25, -0.2) is 0 Å². The highest BCUT2D eigenvalue weighted by Crippen LogP contribution is 2.31. The van der Waals surface area contributed by atoms with Crippen molar-refractivity contribution in [1.82, 2.24) is 0 Å². The first-order valence-corrected chi connectivity index (χ1v) is 24.3. The molecule has 0 fully saturated rings. The first-order chi connectivity index (χ1) is 15.7. The zero-order valence-electron chi connectivity index (χ0n) is 21.7. The van der Waals surface area contributed by atoms with Crippen molar-refractivity contribution in [2.75, 3.05) is 0 Å². The number of hydrogen-bond donors (Lipinski definition) is 4. The Morgan fingerprint density at radius 2 is 0.703 bits per heavy atom. The molecule has 0 aliphatic heterocycles. The van der Waals surface area contributed by atoms with E-state index in [1.807, 2.05) is 0 Å². The average molecular weight is 653 g/mol. The standard InChI is InChI=1S/C8H16F6O3Si2.C8H21F3O4Si3/c1-18(15,5-3-7(9,10)11)17-19(2,16)6-4-8(12,13)14;1-16(2,12)14-18(5,15-17(3,4)13)7-6-8(9,10)11/h15-16H,3-6H2,1-2H3;12-13H,6-7H2,1-5H3. The van der Waals surface area contributed by atoms with Crippen LogP contribution in [0, 0.1) is 0 Å². The Morgan fingerprint density at radius 3 is 0.919 bits per heavy atom. The molecule has 0 rings (SSSR count). The molecule has 0 bridgehead atoms. The second-order valence-corrected chi connectivity index (χ2v) is 26.7. The molecule has 0 heterocycles. The summed E-state index contributed by atoms with van der Waals surface area (Å²) in [6.45, 7) is 9.33. The fourth-order valence-electron chi connectivity index (χ4n) is 2.87. The summed E-state index contributed by atoms with van der Waals surface area (Å²) < 4.78 is 124. The Labute approximate surface area is 215 Å². The molecule has 0 spiro atoms. The lowest BCUT2D eigenvalue weighted by atomic mass is 10.5. The molecule has 21 heteroatoms. The quantitative estimate of drug-likeness (QED) is 0.164. The van der Waals surface area contributed by atoms with Gasteiger partial charge in [-0.3, -0.25) is 0 Å². The van der Waals surface area contributed by atoms with Crippen LogP contribution in [0.2, 0.25) is 64.0 Å². The molecule has 0 aliphatic rings. The summed E-state index contributed by atoms with van der Waals surface area (Å²) in [6.07, 6.45) is -16.9. The van der Waals surface area contributed by atoms with E-state index in [4.69, 9.17) is 12.3 Å². The van der Waals surface area contributed by atoms with Crippen LogP contribution in [-0.2, 0) is 12.3 Å². The van der Waals surface area contributed by atoms with Crippen LogP contribution in [-0.4, -0.2) is 80.5 Å². The zero-order chi connectivity index (χ0) is 30.4. The monoisotopic (exact) mass is 652 g/mol. The highest BCUT2D eigenvalue weighted by atomic mass is 28.5. The minimum atomic E-state index is -4.49. The third-order valence-electron chi connectivity index (χ3n) is 3.98. The largest absolute Gasteiger partial charge is 0.415 e. The molecular formula is C16H37F9O7Si5. The van der Waals surface area contributed by atoms with Crippen molar-refractivity contribution in [3.05, 3.63) is 0 Å². The summed E-state index contributed by atoms with van der Waals surface area (Å²) in [7, 11) is -16.9. The summed E-state index contributed by atoms with van der Waals surface area (Å²) >= 11 is 0. The molecule has 2 unspecified atom stereocenters. The molecule has 4 N–H and O–H groups in total. The van der Waals surface area contributed by atoms with Crippen molar-refractivity contribution in [3.8, 4) is 0 Å². The van der Waals surface area contributed by atoms with E-state index >= 15 is 0 Å². The van der Waals surface area contributed by atoms with Crippen LogP contribution < -0.4 is 0 Å². The molecule has 0 saturated carbocycles. The first kappa shape index (κ1) is 39.3. The Balaban J connectivity index is 0. The first-order valence-electron chi connectivity index (χ1n) is 10.9. The van der Waals surface area contributed by atoms with Gasteiger partial charge in [0.05, 0.1) is 0 Å². The van der Waals surface area contributed by atoms with Gasteiger partial charge < -0.3 is 31.5 Å². The van der Waals surface area contributed by atoms with Gasteiger partial charge in [0.1, 0.15) is 0 Å². The van der Waals surface area contributed by atoms with Gasteiger partial charge in [-0.05, 0) is 64.0 Å². The second kappa shape index (κ2) is 13.7. The summed E-state index contributed by atoms with van der Waals surface area (Å²) in [4.78, 5) is 38.7. The summed E-state index contributed by atoms with van der Waals surface area (Å²) in [5.74, 6) is 0. The van der Waals surface area contributed by atoms with E-state index in [2.05, 4.69) is 0 Å². The van der Waals surface area contributed by atoms with E-state index in [1.165, 1.54) is 32.7 Å². The van der Waals surface area contributed by atoms with Gasteiger partial charge >= 0.3 is 61.3 Å². The summed E-state index contributed by atoms with van der Waals surface area (Å²) in [6, 6.07) is -1.76. The highest BCUT2D eigenvalue weighted by molar-refractivity contribution is 6.84. The third-order valence-corrected chi connectivity index (χ3v) is 18.5. The van der Waals surface area contributed by atoms with Crippen LogP contribution in [0.25, 0.3) is 0 Å². The number of alkyl halides is 9. The maximum atomic E-state index is 12.3. The van der Waals surface area contributed by atoms with Crippen LogP contribution >= 0.6 is 0 Å². The van der Waals surface area contributed by atoms with E-state index in [9.17, 15) is 58.7 Å². The van der Waals surface area contributed by atoms with Crippen molar-refractivity contribution in [1.29, 1.82) is 0 Å². The Kier molecular flexibility index (Phi) is 14.5. The minimum absolute atomic E-state index is 0.329. The molecule has 37 heavy (non-hydrogen) atoms. The van der Waals surface area contributed by atoms with Crippen molar-refractivity contribution in [2.24, 2.45) is 0 Å². The smallest absolute Gasteiger partial charge is 0.389 e. The van der Waals surface area contributed by atoms with E-state index in [0.29, 0.717) is 0 Å². The van der Waals surface area contributed by atoms with Crippen LogP contribution in [0.1, 0.15) is 19.3 Å². The molecule has 0 aromatic heterocycles. The molecule has 0 saturated heterocycles. The highest BCUT2D eigenvalue weighted by Gasteiger charge is 2.46. The maximum absolute atomic E-state index is 12.3.